The van der Waals surface area contributed by atoms with E-state index < -0.39 is 0 Å². The zero-order valence-electron chi connectivity index (χ0n) is 12.5. The van der Waals surface area contributed by atoms with Crippen LogP contribution in [-0.4, -0.2) is 44.2 Å². The number of carbonyl (C=O) groups excluding carboxylic acids is 1. The summed E-state index contributed by atoms with van der Waals surface area (Å²) in [7, 11) is 1.40. The number of likely N-dealkylation sites (tertiary alicyclic amines) is 1. The molecule has 5 heteroatoms. The van der Waals surface area contributed by atoms with Crippen LogP contribution in [0.1, 0.15) is 35.2 Å². The highest BCUT2D eigenvalue weighted by Crippen LogP contribution is 2.19. The molecule has 0 spiro atoms. The summed E-state index contributed by atoms with van der Waals surface area (Å²) in [5.41, 5.74) is 1.72. The number of hydrogen-bond donors (Lipinski definition) is 1. The standard InChI is InChI=1S/C16H23BrN2O2/c1-21-16(20)13-5-6-14(15(17)11-13)12-18-7-10-19-8-3-2-4-9-19/h5-6,11,18H,2-4,7-10,12H2,1H3. The number of methoxy groups -OCH3 is 1. The zero-order valence-corrected chi connectivity index (χ0v) is 14.1. The number of nitrogens with one attached hydrogen (secondary N) is 1. The van der Waals surface area contributed by atoms with E-state index in [1.165, 1.54) is 39.5 Å². The highest BCUT2D eigenvalue weighted by molar-refractivity contribution is 9.10. The highest BCUT2D eigenvalue weighted by Gasteiger charge is 2.10. The minimum absolute atomic E-state index is 0.305. The average Bonchev–Trinajstić information content (AvgIpc) is 2.53. The van der Waals surface area contributed by atoms with Gasteiger partial charge in [-0.15, -0.1) is 0 Å². The van der Waals surface area contributed by atoms with Gasteiger partial charge in [0.05, 0.1) is 12.7 Å². The van der Waals surface area contributed by atoms with Crippen LogP contribution in [0.4, 0.5) is 0 Å². The molecule has 21 heavy (non-hydrogen) atoms. The summed E-state index contributed by atoms with van der Waals surface area (Å²) in [5.74, 6) is -0.305. The van der Waals surface area contributed by atoms with E-state index in [4.69, 9.17) is 4.74 Å². The van der Waals surface area contributed by atoms with Gasteiger partial charge in [0.2, 0.25) is 0 Å². The number of halogens is 1. The first-order chi connectivity index (χ1) is 10.2. The third-order valence-corrected chi connectivity index (χ3v) is 4.58. The molecular formula is C16H23BrN2O2. The number of carbonyl (C=O) groups is 1. The van der Waals surface area contributed by atoms with E-state index in [9.17, 15) is 4.79 Å². The first-order valence-electron chi connectivity index (χ1n) is 7.50. The Morgan fingerprint density at radius 3 is 2.76 bits per heavy atom. The molecule has 1 aliphatic rings. The fraction of sp³-hybridized carbons (Fsp3) is 0.562. The Hall–Kier alpha value is -0.910. The largest absolute Gasteiger partial charge is 0.465 e. The van der Waals surface area contributed by atoms with E-state index in [1.54, 1.807) is 6.07 Å². The molecule has 0 bridgehead atoms. The fourth-order valence-electron chi connectivity index (χ4n) is 2.58. The van der Waals surface area contributed by atoms with Crippen molar-refractivity contribution in [2.75, 3.05) is 33.3 Å². The van der Waals surface area contributed by atoms with Crippen LogP contribution in [0.3, 0.4) is 0 Å². The third-order valence-electron chi connectivity index (χ3n) is 3.84. The van der Waals surface area contributed by atoms with Crippen LogP contribution in [0.15, 0.2) is 22.7 Å². The average molecular weight is 355 g/mol. The number of benzene rings is 1. The summed E-state index contributed by atoms with van der Waals surface area (Å²) in [6.07, 6.45) is 4.05. The number of rotatable bonds is 6. The molecule has 0 aliphatic carbocycles. The van der Waals surface area contributed by atoms with Gasteiger partial charge in [0, 0.05) is 24.1 Å². The van der Waals surface area contributed by atoms with E-state index in [0.29, 0.717) is 5.56 Å². The second-order valence-corrected chi connectivity index (χ2v) is 6.23. The van der Waals surface area contributed by atoms with Crippen molar-refractivity contribution >= 4 is 21.9 Å². The molecule has 1 N–H and O–H groups in total. The molecular weight excluding hydrogens is 332 g/mol. The van der Waals surface area contributed by atoms with Crippen molar-refractivity contribution in [3.8, 4) is 0 Å². The van der Waals surface area contributed by atoms with Gasteiger partial charge in [0.15, 0.2) is 0 Å². The first-order valence-corrected chi connectivity index (χ1v) is 8.30. The highest BCUT2D eigenvalue weighted by atomic mass is 79.9. The van der Waals surface area contributed by atoms with E-state index in [-0.39, 0.29) is 5.97 Å². The number of hydrogen-bond acceptors (Lipinski definition) is 4. The molecule has 1 aromatic rings. The van der Waals surface area contributed by atoms with E-state index in [0.717, 1.165) is 29.7 Å². The summed E-state index contributed by atoms with van der Waals surface area (Å²) in [6, 6.07) is 5.58. The van der Waals surface area contributed by atoms with Crippen LogP contribution in [0, 0.1) is 0 Å². The maximum absolute atomic E-state index is 11.4. The second kappa shape index (κ2) is 8.51. The smallest absolute Gasteiger partial charge is 0.337 e. The molecule has 0 saturated carbocycles. The third kappa shape index (κ3) is 5.09. The molecule has 0 radical (unpaired) electrons. The van der Waals surface area contributed by atoms with Crippen molar-refractivity contribution in [2.45, 2.75) is 25.8 Å². The number of esters is 1. The fourth-order valence-corrected chi connectivity index (χ4v) is 3.10. The van der Waals surface area contributed by atoms with Crippen LogP contribution in [0.25, 0.3) is 0 Å². The Morgan fingerprint density at radius 1 is 1.33 bits per heavy atom. The predicted octanol–water partition coefficient (Wildman–Crippen LogP) is 2.81. The van der Waals surface area contributed by atoms with Crippen molar-refractivity contribution < 1.29 is 9.53 Å². The van der Waals surface area contributed by atoms with E-state index in [1.807, 2.05) is 12.1 Å². The topological polar surface area (TPSA) is 41.6 Å². The molecule has 116 valence electrons. The van der Waals surface area contributed by atoms with Crippen molar-refractivity contribution in [2.24, 2.45) is 0 Å². The Bertz CT molecular complexity index is 473. The lowest BCUT2D eigenvalue weighted by molar-refractivity contribution is 0.0600. The number of nitrogens with zero attached hydrogens (tertiary/aromatic N) is 1. The van der Waals surface area contributed by atoms with Crippen molar-refractivity contribution in [1.82, 2.24) is 10.2 Å². The molecule has 4 nitrogen and oxygen atoms in total. The Balaban J connectivity index is 1.76. The zero-order chi connectivity index (χ0) is 15.1. The molecule has 0 aromatic heterocycles. The lowest BCUT2D eigenvalue weighted by atomic mass is 10.1. The van der Waals surface area contributed by atoms with Gasteiger partial charge in [-0.3, -0.25) is 0 Å². The van der Waals surface area contributed by atoms with E-state index in [2.05, 4.69) is 26.1 Å². The normalized spacial score (nSPS) is 15.9. The summed E-state index contributed by atoms with van der Waals surface area (Å²) >= 11 is 3.52. The van der Waals surface area contributed by atoms with Gasteiger partial charge in [-0.1, -0.05) is 28.4 Å². The Kier molecular flexibility index (Phi) is 6.67. The SMILES string of the molecule is COC(=O)c1ccc(CNCCN2CCCCC2)c(Br)c1. The van der Waals surface area contributed by atoms with Crippen molar-refractivity contribution in [1.29, 1.82) is 0 Å². The van der Waals surface area contributed by atoms with Gasteiger partial charge in [0.25, 0.3) is 0 Å². The second-order valence-electron chi connectivity index (χ2n) is 5.38. The Morgan fingerprint density at radius 2 is 2.10 bits per heavy atom. The van der Waals surface area contributed by atoms with Gasteiger partial charge in [-0.05, 0) is 43.6 Å². The van der Waals surface area contributed by atoms with Gasteiger partial charge >= 0.3 is 5.97 Å². The maximum atomic E-state index is 11.4. The van der Waals surface area contributed by atoms with Crippen molar-refractivity contribution in [3.63, 3.8) is 0 Å². The van der Waals surface area contributed by atoms with Crippen LogP contribution in [0.2, 0.25) is 0 Å². The van der Waals surface area contributed by atoms with Gasteiger partial charge < -0.3 is 15.0 Å². The molecule has 0 amide bonds. The van der Waals surface area contributed by atoms with Crippen LogP contribution < -0.4 is 5.32 Å². The molecule has 0 unspecified atom stereocenters. The molecule has 1 heterocycles. The monoisotopic (exact) mass is 354 g/mol. The van der Waals surface area contributed by atoms with Crippen LogP contribution in [-0.2, 0) is 11.3 Å². The van der Waals surface area contributed by atoms with Gasteiger partial charge in [-0.2, -0.15) is 0 Å². The number of ether oxygens (including phenoxy) is 1. The molecule has 1 saturated heterocycles. The maximum Gasteiger partial charge on any atom is 0.337 e. The molecule has 1 aliphatic heterocycles. The van der Waals surface area contributed by atoms with Gasteiger partial charge in [-0.25, -0.2) is 4.79 Å². The predicted molar refractivity (Wildman–Crippen MR) is 87.5 cm³/mol. The quantitative estimate of drug-likeness (QED) is 0.629. The minimum Gasteiger partial charge on any atom is -0.465 e. The molecule has 0 atom stereocenters. The van der Waals surface area contributed by atoms with Crippen molar-refractivity contribution in [3.05, 3.63) is 33.8 Å². The molecule has 1 fully saturated rings. The summed E-state index contributed by atoms with van der Waals surface area (Å²) < 4.78 is 5.66. The summed E-state index contributed by atoms with van der Waals surface area (Å²) in [6.45, 7) is 5.37. The lowest BCUT2D eigenvalue weighted by Crippen LogP contribution is -2.35. The summed E-state index contributed by atoms with van der Waals surface area (Å²) in [4.78, 5) is 14.0. The van der Waals surface area contributed by atoms with Crippen LogP contribution in [0.5, 0.6) is 0 Å². The Labute approximate surface area is 135 Å². The minimum atomic E-state index is -0.305. The summed E-state index contributed by atoms with van der Waals surface area (Å²) in [5, 5.41) is 3.46. The van der Waals surface area contributed by atoms with Crippen LogP contribution >= 0.6 is 15.9 Å². The first kappa shape index (κ1) is 16.5. The van der Waals surface area contributed by atoms with Gasteiger partial charge in [0.1, 0.15) is 0 Å². The molecule has 1 aromatic carbocycles. The lowest BCUT2D eigenvalue weighted by Gasteiger charge is -2.26. The molecule has 2 rings (SSSR count). The number of piperidine rings is 1. The van der Waals surface area contributed by atoms with E-state index >= 15 is 0 Å².